The van der Waals surface area contributed by atoms with Gasteiger partial charge in [-0.2, -0.15) is 23.5 Å². The number of aliphatic carboxylic acids is 1. The summed E-state index contributed by atoms with van der Waals surface area (Å²) in [5.41, 5.74) is 3.98. The van der Waals surface area contributed by atoms with E-state index in [-0.39, 0.29) is 24.2 Å². The first-order valence-electron chi connectivity index (χ1n) is 17.0. The van der Waals surface area contributed by atoms with Crippen LogP contribution in [0.15, 0.2) is 34.9 Å². The lowest BCUT2D eigenvalue weighted by Crippen LogP contribution is -2.60. The van der Waals surface area contributed by atoms with Gasteiger partial charge in [0.1, 0.15) is 24.2 Å². The van der Waals surface area contributed by atoms with Gasteiger partial charge in [0.25, 0.3) is 0 Å². The molecule has 0 aromatic carbocycles. The summed E-state index contributed by atoms with van der Waals surface area (Å²) < 4.78 is 0. The predicted octanol–water partition coefficient (Wildman–Crippen LogP) is 5.64. The third kappa shape index (κ3) is 19.9. The number of thioether (sulfide) groups is 2. The Bertz CT molecular complexity index is 1130. The summed E-state index contributed by atoms with van der Waals surface area (Å²) in [5.74, 6) is -2.20. The zero-order valence-electron chi connectivity index (χ0n) is 30.9. The van der Waals surface area contributed by atoms with Gasteiger partial charge in [0.15, 0.2) is 0 Å². The summed E-state index contributed by atoms with van der Waals surface area (Å²) in [6.07, 6.45) is 13.4. The van der Waals surface area contributed by atoms with Crippen molar-refractivity contribution < 1.29 is 29.1 Å². The molecular weight excluding hydrogens is 649 g/mol. The van der Waals surface area contributed by atoms with Crippen molar-refractivity contribution in [1.29, 1.82) is 0 Å². The normalized spacial score (nSPS) is 15.1. The first-order chi connectivity index (χ1) is 22.5. The van der Waals surface area contributed by atoms with E-state index in [0.29, 0.717) is 23.7 Å². The molecule has 0 radical (unpaired) electrons. The quantitative estimate of drug-likeness (QED) is 0.0638. The molecule has 0 unspecified atom stereocenters. The van der Waals surface area contributed by atoms with Crippen molar-refractivity contribution in [1.82, 2.24) is 21.3 Å². The smallest absolute Gasteiger partial charge is 0.326 e. The van der Waals surface area contributed by atoms with Gasteiger partial charge in [0.05, 0.1) is 0 Å². The lowest BCUT2D eigenvalue weighted by Gasteiger charge is -2.29. The van der Waals surface area contributed by atoms with Crippen LogP contribution in [0, 0.1) is 11.8 Å². The largest absolute Gasteiger partial charge is 0.480 e. The Labute approximate surface area is 297 Å². The van der Waals surface area contributed by atoms with Crippen molar-refractivity contribution in [2.75, 3.05) is 23.5 Å². The van der Waals surface area contributed by atoms with E-state index in [2.05, 4.69) is 67.2 Å². The van der Waals surface area contributed by atoms with Gasteiger partial charge >= 0.3 is 5.97 Å². The monoisotopic (exact) mass is 710 g/mol. The number of carboxylic acids is 1. The van der Waals surface area contributed by atoms with Gasteiger partial charge in [-0.1, -0.05) is 69.1 Å². The van der Waals surface area contributed by atoms with Gasteiger partial charge in [0, 0.05) is 18.4 Å². The molecule has 12 heteroatoms. The maximum Gasteiger partial charge on any atom is 0.326 e. The second kappa shape index (κ2) is 25.3. The van der Waals surface area contributed by atoms with Gasteiger partial charge in [-0.3, -0.25) is 19.2 Å². The van der Waals surface area contributed by atoms with E-state index in [1.807, 2.05) is 13.2 Å². The van der Waals surface area contributed by atoms with Gasteiger partial charge in [0.2, 0.25) is 23.6 Å². The number of rotatable bonds is 24. The van der Waals surface area contributed by atoms with Crippen molar-refractivity contribution in [3.63, 3.8) is 0 Å². The minimum absolute atomic E-state index is 0.250. The van der Waals surface area contributed by atoms with Crippen molar-refractivity contribution in [3.05, 3.63) is 34.9 Å². The number of hydrogen-bond acceptors (Lipinski definition) is 7. The van der Waals surface area contributed by atoms with Gasteiger partial charge < -0.3 is 26.4 Å². The molecule has 0 rings (SSSR count). The molecule has 4 amide bonds. The minimum Gasteiger partial charge on any atom is -0.480 e. The molecule has 0 fully saturated rings. The fraction of sp³-hybridized carbons (Fsp3) is 0.694. The molecule has 0 aliphatic rings. The molecule has 0 saturated heterocycles. The standard InChI is InChI=1S/C36H62N4O6S2/c1-11-27(8)32(35(44)38-29(36(45)46)19-20-47-10)40-34(43)31(24(4)5)39-33(42)30(37-28(9)41)22-48-21-18-26(7)17-13-16-25(6)15-12-14-23(2)3/h14,16,18,24,27,29-32H,11-13,15,17,19-22H2,1-10H3,(H,37,41)(H,38,44)(H,39,42)(H,40,43)(H,45,46)/b25-16+,26-18-/t27-,29+,30-,31+,32-/m0/s1. The summed E-state index contributed by atoms with van der Waals surface area (Å²) >= 11 is 2.99. The highest BCUT2D eigenvalue weighted by atomic mass is 32.2. The Morgan fingerprint density at radius 3 is 1.81 bits per heavy atom. The summed E-state index contributed by atoms with van der Waals surface area (Å²) in [4.78, 5) is 63.8. The molecule has 0 spiro atoms. The Morgan fingerprint density at radius 2 is 1.29 bits per heavy atom. The molecule has 274 valence electrons. The molecule has 5 atom stereocenters. The van der Waals surface area contributed by atoms with E-state index >= 15 is 0 Å². The summed E-state index contributed by atoms with van der Waals surface area (Å²) in [7, 11) is 0. The highest BCUT2D eigenvalue weighted by Gasteiger charge is 2.34. The predicted molar refractivity (Wildman–Crippen MR) is 201 cm³/mol. The minimum atomic E-state index is -1.14. The van der Waals surface area contributed by atoms with E-state index < -0.39 is 47.9 Å². The van der Waals surface area contributed by atoms with Crippen LogP contribution < -0.4 is 21.3 Å². The lowest BCUT2D eigenvalue weighted by atomic mass is 9.96. The lowest BCUT2D eigenvalue weighted by molar-refractivity contribution is -0.142. The van der Waals surface area contributed by atoms with E-state index in [1.54, 1.807) is 20.8 Å². The molecule has 0 aliphatic heterocycles. The van der Waals surface area contributed by atoms with Gasteiger partial charge in [-0.15, -0.1) is 0 Å². The van der Waals surface area contributed by atoms with Crippen molar-refractivity contribution in [3.8, 4) is 0 Å². The highest BCUT2D eigenvalue weighted by Crippen LogP contribution is 2.15. The number of amides is 4. The van der Waals surface area contributed by atoms with E-state index in [0.717, 1.165) is 25.7 Å². The summed E-state index contributed by atoms with van der Waals surface area (Å²) in [5, 5.41) is 20.4. The van der Waals surface area contributed by atoms with E-state index in [9.17, 15) is 29.1 Å². The van der Waals surface area contributed by atoms with Crippen LogP contribution in [-0.2, 0) is 24.0 Å². The average Bonchev–Trinajstić information content (AvgIpc) is 3.00. The first-order valence-corrected chi connectivity index (χ1v) is 19.5. The molecule has 0 aromatic rings. The molecule has 0 heterocycles. The van der Waals surface area contributed by atoms with Crippen LogP contribution in [0.4, 0.5) is 0 Å². The van der Waals surface area contributed by atoms with Crippen LogP contribution in [0.1, 0.15) is 101 Å². The molecule has 48 heavy (non-hydrogen) atoms. The summed E-state index contributed by atoms with van der Waals surface area (Å²) in [6.45, 7) is 17.1. The molecule has 10 nitrogen and oxygen atoms in total. The topological polar surface area (TPSA) is 154 Å². The number of allylic oxidation sites excluding steroid dienone is 5. The van der Waals surface area contributed by atoms with Crippen LogP contribution in [0.25, 0.3) is 0 Å². The number of carboxylic acid groups (broad SMARTS) is 1. The molecular formula is C36H62N4O6S2. The Hall–Kier alpha value is -2.73. The molecule has 5 N–H and O–H groups in total. The number of hydrogen-bond donors (Lipinski definition) is 5. The number of carbonyl (C=O) groups excluding carboxylic acids is 4. The number of nitrogens with one attached hydrogen (secondary N) is 4. The third-order valence-electron chi connectivity index (χ3n) is 7.92. The van der Waals surface area contributed by atoms with Crippen molar-refractivity contribution in [2.45, 2.75) is 125 Å². The van der Waals surface area contributed by atoms with Crippen LogP contribution in [0.3, 0.4) is 0 Å². The second-order valence-corrected chi connectivity index (χ2v) is 15.1. The Morgan fingerprint density at radius 1 is 0.729 bits per heavy atom. The van der Waals surface area contributed by atoms with Crippen LogP contribution in [0.5, 0.6) is 0 Å². The Kier molecular flexibility index (Phi) is 23.8. The molecule has 0 saturated carbocycles. The van der Waals surface area contributed by atoms with Crippen molar-refractivity contribution in [2.24, 2.45) is 11.8 Å². The van der Waals surface area contributed by atoms with Gasteiger partial charge in [-0.25, -0.2) is 4.79 Å². The van der Waals surface area contributed by atoms with E-state index in [1.165, 1.54) is 47.2 Å². The summed E-state index contributed by atoms with van der Waals surface area (Å²) in [6, 6.07) is -3.91. The van der Waals surface area contributed by atoms with Crippen LogP contribution in [-0.4, -0.2) is 82.4 Å². The molecule has 0 aromatic heterocycles. The number of carbonyl (C=O) groups is 5. The zero-order valence-corrected chi connectivity index (χ0v) is 32.5. The maximum atomic E-state index is 13.5. The fourth-order valence-electron chi connectivity index (χ4n) is 4.64. The molecule has 0 aliphatic carbocycles. The van der Waals surface area contributed by atoms with Gasteiger partial charge in [-0.05, 0) is 83.6 Å². The highest BCUT2D eigenvalue weighted by molar-refractivity contribution is 7.99. The third-order valence-corrected chi connectivity index (χ3v) is 9.53. The second-order valence-electron chi connectivity index (χ2n) is 13.0. The van der Waals surface area contributed by atoms with Crippen LogP contribution in [0.2, 0.25) is 0 Å². The van der Waals surface area contributed by atoms with Crippen LogP contribution >= 0.6 is 23.5 Å². The average molecular weight is 711 g/mol. The fourth-order valence-corrected chi connectivity index (χ4v) is 6.12. The van der Waals surface area contributed by atoms with E-state index in [4.69, 9.17) is 0 Å². The zero-order chi connectivity index (χ0) is 36.8. The maximum absolute atomic E-state index is 13.5. The SMILES string of the molecule is CC[C@H](C)[C@H](NC(=O)[C@H](NC(=O)[C@H](CSC/C=C(/C)CC/C=C(\C)CCC=C(C)C)NC(C)=O)C(C)C)C(=O)N[C@H](CCSC)C(=O)O. The Balaban J connectivity index is 5.42. The molecule has 0 bridgehead atoms. The van der Waals surface area contributed by atoms with Crippen molar-refractivity contribution >= 4 is 53.1 Å². The first kappa shape index (κ1) is 45.3.